The number of unbranched alkanes of at least 4 members (excludes halogenated alkanes) is 25. The fraction of sp³-hybridized carbons (Fsp3) is 0.712. The highest BCUT2D eigenvalue weighted by molar-refractivity contribution is 5.76. The molecule has 9 heteroatoms. The van der Waals surface area contributed by atoms with E-state index in [-0.39, 0.29) is 12.5 Å². The van der Waals surface area contributed by atoms with Crippen molar-refractivity contribution in [3.8, 4) is 0 Å². The van der Waals surface area contributed by atoms with Crippen LogP contribution < -0.4 is 5.32 Å². The minimum absolute atomic E-state index is 0.195. The molecule has 0 aromatic heterocycles. The second kappa shape index (κ2) is 54.2. The lowest BCUT2D eigenvalue weighted by Crippen LogP contribution is -2.60. The summed E-state index contributed by atoms with van der Waals surface area (Å²) in [6.07, 6.45) is 73.0. The second-order valence-electron chi connectivity index (χ2n) is 20.7. The van der Waals surface area contributed by atoms with Gasteiger partial charge in [0.1, 0.15) is 24.4 Å². The molecule has 0 spiro atoms. The molecule has 430 valence electrons. The van der Waals surface area contributed by atoms with Crippen LogP contribution in [0.2, 0.25) is 0 Å². The van der Waals surface area contributed by atoms with Gasteiger partial charge in [-0.05, 0) is 96.3 Å². The molecule has 7 atom stereocenters. The van der Waals surface area contributed by atoms with Crippen molar-refractivity contribution in [3.63, 3.8) is 0 Å². The fourth-order valence-electron chi connectivity index (χ4n) is 9.02. The van der Waals surface area contributed by atoms with Gasteiger partial charge in [0, 0.05) is 6.42 Å². The number of aliphatic hydroxyl groups excluding tert-OH is 5. The summed E-state index contributed by atoms with van der Waals surface area (Å²) in [5, 5.41) is 54.5. The van der Waals surface area contributed by atoms with Crippen molar-refractivity contribution in [2.24, 2.45) is 0 Å². The Balaban J connectivity index is 2.20. The number of nitrogens with one attached hydrogen (secondary N) is 1. The van der Waals surface area contributed by atoms with Crippen molar-refractivity contribution >= 4 is 5.91 Å². The number of carbonyl (C=O) groups excluding carboxylic acids is 1. The third-order valence-corrected chi connectivity index (χ3v) is 13.8. The molecule has 1 saturated heterocycles. The van der Waals surface area contributed by atoms with Crippen molar-refractivity contribution in [1.29, 1.82) is 0 Å². The number of hydrogen-bond donors (Lipinski definition) is 6. The number of carbonyl (C=O) groups is 1. The van der Waals surface area contributed by atoms with Gasteiger partial charge in [0.05, 0.1) is 25.4 Å². The zero-order chi connectivity index (χ0) is 54.3. The van der Waals surface area contributed by atoms with Gasteiger partial charge in [0.25, 0.3) is 0 Å². The smallest absolute Gasteiger partial charge is 0.220 e. The molecule has 1 amide bonds. The normalized spacial score (nSPS) is 19.7. The third kappa shape index (κ3) is 43.5. The first kappa shape index (κ1) is 69.9. The van der Waals surface area contributed by atoms with E-state index < -0.39 is 49.5 Å². The van der Waals surface area contributed by atoms with E-state index in [9.17, 15) is 30.3 Å². The predicted octanol–water partition coefficient (Wildman–Crippen LogP) is 15.7. The lowest BCUT2D eigenvalue weighted by molar-refractivity contribution is -0.302. The Hall–Kier alpha value is -3.15. The van der Waals surface area contributed by atoms with Crippen LogP contribution in [0, 0.1) is 0 Å². The minimum Gasteiger partial charge on any atom is -0.394 e. The van der Waals surface area contributed by atoms with Crippen LogP contribution >= 0.6 is 0 Å². The molecule has 0 aromatic rings. The van der Waals surface area contributed by atoms with Crippen LogP contribution in [0.1, 0.15) is 245 Å². The quantitative estimate of drug-likeness (QED) is 0.0261. The third-order valence-electron chi connectivity index (χ3n) is 13.8. The maximum Gasteiger partial charge on any atom is 0.220 e. The Morgan fingerprint density at radius 3 is 1.28 bits per heavy atom. The number of rotatable bonds is 51. The highest BCUT2D eigenvalue weighted by atomic mass is 16.7. The molecule has 6 N–H and O–H groups in total. The summed E-state index contributed by atoms with van der Waals surface area (Å²) in [7, 11) is 0. The largest absolute Gasteiger partial charge is 0.394 e. The van der Waals surface area contributed by atoms with Gasteiger partial charge in [-0.3, -0.25) is 4.79 Å². The van der Waals surface area contributed by atoms with Crippen LogP contribution in [0.5, 0.6) is 0 Å². The lowest BCUT2D eigenvalue weighted by atomic mass is 9.99. The van der Waals surface area contributed by atoms with Crippen LogP contribution in [0.15, 0.2) is 109 Å². The van der Waals surface area contributed by atoms with E-state index in [1.54, 1.807) is 6.08 Å². The number of hydrogen-bond acceptors (Lipinski definition) is 8. The first-order valence-corrected chi connectivity index (χ1v) is 30.6. The first-order chi connectivity index (χ1) is 36.8. The number of ether oxygens (including phenoxy) is 2. The fourth-order valence-corrected chi connectivity index (χ4v) is 9.02. The molecule has 1 rings (SSSR count). The average Bonchev–Trinajstić information content (AvgIpc) is 3.41. The maximum absolute atomic E-state index is 13.1. The Labute approximate surface area is 459 Å². The van der Waals surface area contributed by atoms with Gasteiger partial charge in [-0.15, -0.1) is 0 Å². The maximum atomic E-state index is 13.1. The van der Waals surface area contributed by atoms with Crippen LogP contribution in [-0.4, -0.2) is 87.5 Å². The molecule has 0 aliphatic carbocycles. The monoisotopic (exact) mass is 1050 g/mol. The van der Waals surface area contributed by atoms with Gasteiger partial charge in [-0.25, -0.2) is 0 Å². The molecule has 7 unspecified atom stereocenters. The summed E-state index contributed by atoms with van der Waals surface area (Å²) in [6, 6.07) is -0.835. The van der Waals surface area contributed by atoms with Crippen molar-refractivity contribution in [2.75, 3.05) is 13.2 Å². The van der Waals surface area contributed by atoms with Crippen LogP contribution in [0.4, 0.5) is 0 Å². The van der Waals surface area contributed by atoms with Gasteiger partial charge < -0.3 is 40.3 Å². The molecular formula is C66H113NO8. The lowest BCUT2D eigenvalue weighted by Gasteiger charge is -2.40. The molecule has 75 heavy (non-hydrogen) atoms. The predicted molar refractivity (Wildman–Crippen MR) is 317 cm³/mol. The van der Waals surface area contributed by atoms with E-state index >= 15 is 0 Å². The SMILES string of the molecule is CC/C=C\C/C=C\C/C=C\C/C=C\C/C=C\C/C=C\CCCCCCCCCCCCCCCCC(=O)NC(COC1OC(CO)C(O)C(O)C1O)C(O)/C=C/CC/C=C/CC/C=C/CCCCCCCCCCC. The van der Waals surface area contributed by atoms with Crippen LogP contribution in [0.3, 0.4) is 0 Å². The Kier molecular flexibility index (Phi) is 50.5. The van der Waals surface area contributed by atoms with Crippen LogP contribution in [-0.2, 0) is 14.3 Å². The molecule has 0 aromatic carbocycles. The highest BCUT2D eigenvalue weighted by Gasteiger charge is 2.44. The van der Waals surface area contributed by atoms with E-state index in [1.165, 1.54) is 135 Å². The number of allylic oxidation sites excluding steroid dienone is 17. The van der Waals surface area contributed by atoms with Gasteiger partial charge in [-0.1, -0.05) is 252 Å². The van der Waals surface area contributed by atoms with Crippen LogP contribution in [0.25, 0.3) is 0 Å². The van der Waals surface area contributed by atoms with Crippen molar-refractivity contribution in [1.82, 2.24) is 5.32 Å². The summed E-state index contributed by atoms with van der Waals surface area (Å²) in [5.41, 5.74) is 0. The topological polar surface area (TPSA) is 149 Å². The van der Waals surface area contributed by atoms with E-state index in [2.05, 4.69) is 116 Å². The Morgan fingerprint density at radius 1 is 0.467 bits per heavy atom. The van der Waals surface area contributed by atoms with Gasteiger partial charge in [0.15, 0.2) is 6.29 Å². The van der Waals surface area contributed by atoms with E-state index in [4.69, 9.17) is 9.47 Å². The number of aliphatic hydroxyl groups is 5. The van der Waals surface area contributed by atoms with Crippen molar-refractivity contribution < 1.29 is 39.8 Å². The van der Waals surface area contributed by atoms with Gasteiger partial charge >= 0.3 is 0 Å². The molecule has 1 heterocycles. The average molecular weight is 1050 g/mol. The minimum atomic E-state index is -1.58. The Morgan fingerprint density at radius 2 is 0.840 bits per heavy atom. The van der Waals surface area contributed by atoms with Gasteiger partial charge in [-0.2, -0.15) is 0 Å². The molecule has 0 radical (unpaired) electrons. The Bertz CT molecular complexity index is 1540. The van der Waals surface area contributed by atoms with E-state index in [0.717, 1.165) is 89.9 Å². The summed E-state index contributed by atoms with van der Waals surface area (Å²) in [4.78, 5) is 13.1. The first-order valence-electron chi connectivity index (χ1n) is 30.6. The summed E-state index contributed by atoms with van der Waals surface area (Å²) >= 11 is 0. The van der Waals surface area contributed by atoms with Gasteiger partial charge in [0.2, 0.25) is 5.91 Å². The van der Waals surface area contributed by atoms with E-state index in [0.29, 0.717) is 6.42 Å². The zero-order valence-electron chi connectivity index (χ0n) is 47.8. The summed E-state index contributed by atoms with van der Waals surface area (Å²) < 4.78 is 11.3. The standard InChI is InChI=1S/C66H113NO8/c1-3-5-7-9-11-13-15-17-19-21-23-24-25-26-27-28-29-30-31-32-33-34-35-36-38-40-42-44-46-48-50-52-54-56-62(70)67-59(58-74-66-65(73)64(72)63(71)61(57-68)75-66)60(69)55-53-51-49-47-45-43-41-39-37-22-20-18-16-14-12-10-8-6-4-2/h5,7,11,13,17,19,23-24,26-27,29-30,37,39,45,47,53,55,59-61,63-66,68-69,71-73H,3-4,6,8-10,12,14-16,18,20-22,25,28,31-36,38,40-44,46,48-52,54,56-58H2,1-2H3,(H,67,70)/b7-5-,13-11-,19-17-,24-23-,27-26-,30-29-,39-37+,47-45+,55-53+. The molecular weight excluding hydrogens is 935 g/mol. The molecule has 0 saturated carbocycles. The van der Waals surface area contributed by atoms with E-state index in [1.807, 2.05) is 6.08 Å². The molecule has 9 nitrogen and oxygen atoms in total. The zero-order valence-corrected chi connectivity index (χ0v) is 47.8. The molecule has 1 aliphatic rings. The van der Waals surface area contributed by atoms with Crippen molar-refractivity contribution in [3.05, 3.63) is 109 Å². The number of amides is 1. The summed E-state index contributed by atoms with van der Waals surface area (Å²) in [6.45, 7) is 3.64. The van der Waals surface area contributed by atoms with Crippen molar-refractivity contribution in [2.45, 2.75) is 288 Å². The summed E-state index contributed by atoms with van der Waals surface area (Å²) in [5.74, 6) is -0.195. The molecule has 1 aliphatic heterocycles. The molecule has 0 bridgehead atoms. The highest BCUT2D eigenvalue weighted by Crippen LogP contribution is 2.23. The second-order valence-corrected chi connectivity index (χ2v) is 20.7. The molecule has 1 fully saturated rings.